The van der Waals surface area contributed by atoms with Gasteiger partial charge >= 0.3 is 0 Å². The van der Waals surface area contributed by atoms with Gasteiger partial charge in [-0.1, -0.05) is 48.0 Å². The van der Waals surface area contributed by atoms with Crippen molar-refractivity contribution in [3.63, 3.8) is 0 Å². The van der Waals surface area contributed by atoms with Gasteiger partial charge in [0.25, 0.3) is 5.91 Å². The third kappa shape index (κ3) is 4.54. The molecule has 0 atom stereocenters. The molecule has 4 aromatic rings. The van der Waals surface area contributed by atoms with Crippen molar-refractivity contribution in [3.8, 4) is 16.9 Å². The van der Waals surface area contributed by atoms with Crippen LogP contribution in [0, 0.1) is 18.6 Å². The largest absolute Gasteiger partial charge is 0.368 e. The predicted octanol–water partition coefficient (Wildman–Crippen LogP) is 6.35. The van der Waals surface area contributed by atoms with Gasteiger partial charge < -0.3 is 14.4 Å². The Morgan fingerprint density at radius 3 is 2.29 bits per heavy atom. The molecule has 1 saturated heterocycles. The number of benzene rings is 3. The summed E-state index contributed by atoms with van der Waals surface area (Å²) in [4.78, 5) is 17.6. The minimum absolute atomic E-state index is 0.105. The van der Waals surface area contributed by atoms with E-state index < -0.39 is 11.6 Å². The Morgan fingerprint density at radius 1 is 0.857 bits per heavy atom. The average molecular weight is 492 g/mol. The second-order valence-electron chi connectivity index (χ2n) is 8.58. The first-order valence-electron chi connectivity index (χ1n) is 11.5. The van der Waals surface area contributed by atoms with Gasteiger partial charge in [-0.25, -0.2) is 8.78 Å². The van der Waals surface area contributed by atoms with Crippen molar-refractivity contribution in [2.75, 3.05) is 31.1 Å². The van der Waals surface area contributed by atoms with Crippen molar-refractivity contribution in [1.82, 2.24) is 9.47 Å². The van der Waals surface area contributed by atoms with Crippen LogP contribution in [0.1, 0.15) is 16.1 Å². The van der Waals surface area contributed by atoms with Crippen LogP contribution >= 0.6 is 11.6 Å². The summed E-state index contributed by atoms with van der Waals surface area (Å²) in [5.41, 5.74) is 3.86. The van der Waals surface area contributed by atoms with E-state index in [0.29, 0.717) is 48.2 Å². The fraction of sp³-hybridized carbons (Fsp3) is 0.179. The lowest BCUT2D eigenvalue weighted by Gasteiger charge is -2.36. The summed E-state index contributed by atoms with van der Waals surface area (Å²) >= 11 is 6.14. The van der Waals surface area contributed by atoms with E-state index in [1.54, 1.807) is 17.6 Å². The van der Waals surface area contributed by atoms with E-state index >= 15 is 0 Å². The third-order valence-corrected chi connectivity index (χ3v) is 6.67. The maximum Gasteiger partial charge on any atom is 0.255 e. The molecule has 0 bridgehead atoms. The number of amides is 1. The van der Waals surface area contributed by atoms with Crippen LogP contribution in [0.3, 0.4) is 0 Å². The van der Waals surface area contributed by atoms with Crippen LogP contribution in [0.15, 0.2) is 78.9 Å². The number of hydrogen-bond acceptors (Lipinski definition) is 2. The van der Waals surface area contributed by atoms with Gasteiger partial charge in [0, 0.05) is 48.6 Å². The van der Waals surface area contributed by atoms with Gasteiger partial charge in [0.15, 0.2) is 0 Å². The van der Waals surface area contributed by atoms with Crippen LogP contribution in [0.4, 0.5) is 14.5 Å². The normalized spacial score (nSPS) is 13.8. The topological polar surface area (TPSA) is 28.5 Å². The molecule has 0 N–H and O–H groups in total. The summed E-state index contributed by atoms with van der Waals surface area (Å²) in [6.45, 7) is 4.28. The lowest BCUT2D eigenvalue weighted by molar-refractivity contribution is 0.0746. The molecule has 0 spiro atoms. The molecule has 0 unspecified atom stereocenters. The molecule has 1 amide bonds. The van der Waals surface area contributed by atoms with Crippen LogP contribution < -0.4 is 4.90 Å². The standard InChI is InChI=1S/C28H24ClF2N3O/c1-19-24(28(35)33-14-12-32(13-15-33)23-9-5-8-21(29)16-23)18-27(20-6-3-2-4-7-20)34(19)26-11-10-22(30)17-25(26)31/h2-11,16-18H,12-15H2,1H3. The number of anilines is 1. The van der Waals surface area contributed by atoms with Crippen molar-refractivity contribution in [1.29, 1.82) is 0 Å². The molecule has 1 aliphatic rings. The van der Waals surface area contributed by atoms with Gasteiger partial charge in [-0.15, -0.1) is 0 Å². The highest BCUT2D eigenvalue weighted by atomic mass is 35.5. The van der Waals surface area contributed by atoms with Crippen molar-refractivity contribution < 1.29 is 13.6 Å². The molecule has 5 rings (SSSR count). The zero-order chi connectivity index (χ0) is 24.5. The number of nitrogens with zero attached hydrogens (tertiary/aromatic N) is 3. The lowest BCUT2D eigenvalue weighted by atomic mass is 10.1. The SMILES string of the molecule is Cc1c(C(=O)N2CCN(c3cccc(Cl)c3)CC2)cc(-c2ccccc2)n1-c1ccc(F)cc1F. The molecule has 4 nitrogen and oxygen atoms in total. The zero-order valence-electron chi connectivity index (χ0n) is 19.2. The summed E-state index contributed by atoms with van der Waals surface area (Å²) in [5, 5.41) is 0.680. The lowest BCUT2D eigenvalue weighted by Crippen LogP contribution is -2.48. The molecule has 0 saturated carbocycles. The Labute approximate surface area is 208 Å². The van der Waals surface area contributed by atoms with Crippen LogP contribution in [0.25, 0.3) is 16.9 Å². The molecule has 1 aromatic heterocycles. The molecule has 3 aromatic carbocycles. The van der Waals surface area contributed by atoms with Crippen LogP contribution in [0.2, 0.25) is 5.02 Å². The number of piperazine rings is 1. The second-order valence-corrected chi connectivity index (χ2v) is 9.02. The Kier molecular flexibility index (Phi) is 6.31. The van der Waals surface area contributed by atoms with Crippen molar-refractivity contribution in [2.24, 2.45) is 0 Å². The molecule has 1 aliphatic heterocycles. The average Bonchev–Trinajstić information content (AvgIpc) is 3.21. The van der Waals surface area contributed by atoms with Gasteiger partial charge in [0.2, 0.25) is 0 Å². The number of rotatable bonds is 4. The number of hydrogen-bond donors (Lipinski definition) is 0. The smallest absolute Gasteiger partial charge is 0.255 e. The number of carbonyl (C=O) groups excluding carboxylic acids is 1. The zero-order valence-corrected chi connectivity index (χ0v) is 20.0. The second kappa shape index (κ2) is 9.55. The molecule has 1 fully saturated rings. The predicted molar refractivity (Wildman–Crippen MR) is 135 cm³/mol. The monoisotopic (exact) mass is 491 g/mol. The van der Waals surface area contributed by atoms with Gasteiger partial charge in [-0.2, -0.15) is 0 Å². The molecule has 35 heavy (non-hydrogen) atoms. The van der Waals surface area contributed by atoms with E-state index in [4.69, 9.17) is 11.6 Å². The molecule has 2 heterocycles. The van der Waals surface area contributed by atoms with E-state index in [2.05, 4.69) is 4.90 Å². The quantitative estimate of drug-likeness (QED) is 0.333. The van der Waals surface area contributed by atoms with Crippen LogP contribution in [-0.4, -0.2) is 41.6 Å². The van der Waals surface area contributed by atoms with E-state index in [-0.39, 0.29) is 11.6 Å². The van der Waals surface area contributed by atoms with Crippen molar-refractivity contribution >= 4 is 23.2 Å². The van der Waals surface area contributed by atoms with Crippen LogP contribution in [0.5, 0.6) is 0 Å². The highest BCUT2D eigenvalue weighted by Gasteiger charge is 2.27. The minimum atomic E-state index is -0.685. The van der Waals surface area contributed by atoms with Crippen molar-refractivity contribution in [3.05, 3.63) is 107 Å². The first-order valence-corrected chi connectivity index (χ1v) is 11.8. The Morgan fingerprint density at radius 2 is 1.60 bits per heavy atom. The number of carbonyl (C=O) groups is 1. The highest BCUT2D eigenvalue weighted by Crippen LogP contribution is 2.32. The molecule has 7 heteroatoms. The Bertz CT molecular complexity index is 1380. The fourth-order valence-corrected chi connectivity index (χ4v) is 4.81. The van der Waals surface area contributed by atoms with E-state index in [0.717, 1.165) is 17.3 Å². The van der Waals surface area contributed by atoms with Gasteiger partial charge in [-0.3, -0.25) is 4.79 Å². The number of halogens is 3. The Balaban J connectivity index is 1.47. The fourth-order valence-electron chi connectivity index (χ4n) is 4.63. The van der Waals surface area contributed by atoms with Crippen molar-refractivity contribution in [2.45, 2.75) is 6.92 Å². The van der Waals surface area contributed by atoms with E-state index in [9.17, 15) is 13.6 Å². The summed E-state index contributed by atoms with van der Waals surface area (Å²) < 4.78 is 30.2. The summed E-state index contributed by atoms with van der Waals surface area (Å²) in [6.07, 6.45) is 0. The van der Waals surface area contributed by atoms with Gasteiger partial charge in [-0.05, 0) is 48.9 Å². The minimum Gasteiger partial charge on any atom is -0.368 e. The molecular formula is C28H24ClF2N3O. The van der Waals surface area contributed by atoms with Crippen LogP contribution in [-0.2, 0) is 0 Å². The molecule has 0 radical (unpaired) electrons. The van der Waals surface area contributed by atoms with E-state index in [1.807, 2.05) is 59.5 Å². The molecule has 0 aliphatic carbocycles. The van der Waals surface area contributed by atoms with E-state index in [1.165, 1.54) is 12.1 Å². The molecular weight excluding hydrogens is 468 g/mol. The molecule has 178 valence electrons. The summed E-state index contributed by atoms with van der Waals surface area (Å²) in [7, 11) is 0. The first kappa shape index (κ1) is 23.1. The third-order valence-electron chi connectivity index (χ3n) is 6.44. The first-order chi connectivity index (χ1) is 16.9. The Hall–Kier alpha value is -3.64. The summed E-state index contributed by atoms with van der Waals surface area (Å²) in [6, 6.07) is 22.5. The maximum absolute atomic E-state index is 14.8. The number of aromatic nitrogens is 1. The summed E-state index contributed by atoms with van der Waals surface area (Å²) in [5.74, 6) is -1.44. The maximum atomic E-state index is 14.8. The van der Waals surface area contributed by atoms with Gasteiger partial charge in [0.05, 0.1) is 16.9 Å². The van der Waals surface area contributed by atoms with Gasteiger partial charge in [0.1, 0.15) is 11.6 Å². The highest BCUT2D eigenvalue weighted by molar-refractivity contribution is 6.30.